The molecule has 0 saturated heterocycles. The Labute approximate surface area is 118 Å². The van der Waals surface area contributed by atoms with Gasteiger partial charge in [0.15, 0.2) is 0 Å². The topological polar surface area (TPSA) is 3.24 Å². The molecule has 3 heteroatoms. The van der Waals surface area contributed by atoms with Crippen molar-refractivity contribution in [3.63, 3.8) is 0 Å². The molecule has 96 valence electrons. The number of hydrogen-bond acceptors (Lipinski definition) is 1. The smallest absolute Gasteiger partial charge is 0.0642 e. The van der Waals surface area contributed by atoms with Crippen molar-refractivity contribution in [2.24, 2.45) is 5.92 Å². The fourth-order valence-electron chi connectivity index (χ4n) is 1.79. The number of halogens is 2. The SMILES string of the molecule is CCC(C)CN(CC)c1ccc(CBr)cc1Cl. The highest BCUT2D eigenvalue weighted by Crippen LogP contribution is 2.28. The summed E-state index contributed by atoms with van der Waals surface area (Å²) in [6.45, 7) is 8.76. The molecule has 0 fully saturated rings. The molecule has 17 heavy (non-hydrogen) atoms. The van der Waals surface area contributed by atoms with Crippen molar-refractivity contribution in [3.8, 4) is 0 Å². The van der Waals surface area contributed by atoms with Gasteiger partial charge in [0.05, 0.1) is 10.7 Å². The van der Waals surface area contributed by atoms with E-state index in [-0.39, 0.29) is 0 Å². The second kappa shape index (κ2) is 7.27. The Hall–Kier alpha value is -0.210. The van der Waals surface area contributed by atoms with Gasteiger partial charge >= 0.3 is 0 Å². The highest BCUT2D eigenvalue weighted by Gasteiger charge is 2.11. The van der Waals surface area contributed by atoms with E-state index in [2.05, 4.69) is 53.7 Å². The molecule has 0 aliphatic carbocycles. The van der Waals surface area contributed by atoms with Crippen LogP contribution in [0.4, 0.5) is 5.69 Å². The number of benzene rings is 1. The van der Waals surface area contributed by atoms with Gasteiger partial charge in [0.1, 0.15) is 0 Å². The van der Waals surface area contributed by atoms with Crippen molar-refractivity contribution < 1.29 is 0 Å². The maximum atomic E-state index is 6.35. The van der Waals surface area contributed by atoms with Gasteiger partial charge in [-0.3, -0.25) is 0 Å². The Morgan fingerprint density at radius 2 is 2.06 bits per heavy atom. The molecule has 0 aliphatic heterocycles. The molecule has 0 aliphatic rings. The quantitative estimate of drug-likeness (QED) is 0.659. The molecule has 1 rings (SSSR count). The van der Waals surface area contributed by atoms with Crippen molar-refractivity contribution in [1.82, 2.24) is 0 Å². The van der Waals surface area contributed by atoms with Crippen LogP contribution in [0.15, 0.2) is 18.2 Å². The number of nitrogens with zero attached hydrogens (tertiary/aromatic N) is 1. The van der Waals surface area contributed by atoms with Gasteiger partial charge in [-0.05, 0) is 30.5 Å². The average Bonchev–Trinajstić information content (AvgIpc) is 2.35. The van der Waals surface area contributed by atoms with E-state index >= 15 is 0 Å². The molecule has 0 amide bonds. The lowest BCUT2D eigenvalue weighted by Gasteiger charge is -2.27. The summed E-state index contributed by atoms with van der Waals surface area (Å²) >= 11 is 9.80. The Kier molecular flexibility index (Phi) is 6.35. The van der Waals surface area contributed by atoms with Gasteiger partial charge in [-0.2, -0.15) is 0 Å². The molecule has 1 atom stereocenters. The first kappa shape index (κ1) is 14.8. The van der Waals surface area contributed by atoms with Crippen molar-refractivity contribution in [1.29, 1.82) is 0 Å². The van der Waals surface area contributed by atoms with Crippen LogP contribution in [0.5, 0.6) is 0 Å². The fourth-order valence-corrected chi connectivity index (χ4v) is 2.46. The third-order valence-electron chi connectivity index (χ3n) is 3.12. The molecule has 0 saturated carbocycles. The summed E-state index contributed by atoms with van der Waals surface area (Å²) in [7, 11) is 0. The maximum absolute atomic E-state index is 6.35. The molecule has 1 unspecified atom stereocenters. The van der Waals surface area contributed by atoms with E-state index in [1.165, 1.54) is 12.0 Å². The first-order chi connectivity index (χ1) is 8.12. The normalized spacial score (nSPS) is 12.5. The minimum atomic E-state index is 0.696. The molecular weight excluding hydrogens is 298 g/mol. The van der Waals surface area contributed by atoms with E-state index in [1.807, 2.05) is 6.07 Å². The van der Waals surface area contributed by atoms with Crippen LogP contribution >= 0.6 is 27.5 Å². The van der Waals surface area contributed by atoms with Crippen molar-refractivity contribution >= 4 is 33.2 Å². The van der Waals surface area contributed by atoms with Crippen molar-refractivity contribution in [3.05, 3.63) is 28.8 Å². The second-order valence-corrected chi connectivity index (χ2v) is 5.44. The molecule has 1 aromatic carbocycles. The zero-order valence-corrected chi connectivity index (χ0v) is 13.2. The second-order valence-electron chi connectivity index (χ2n) is 4.47. The molecule has 0 radical (unpaired) electrons. The summed E-state index contributed by atoms with van der Waals surface area (Å²) in [5, 5.41) is 1.71. The van der Waals surface area contributed by atoms with Gasteiger partial charge in [-0.1, -0.05) is 53.9 Å². The predicted octanol–water partition coefficient (Wildman–Crippen LogP) is 5.11. The Morgan fingerprint density at radius 3 is 2.53 bits per heavy atom. The van der Waals surface area contributed by atoms with Gasteiger partial charge in [0.2, 0.25) is 0 Å². The summed E-state index contributed by atoms with van der Waals surface area (Å²) in [5.41, 5.74) is 2.37. The van der Waals surface area contributed by atoms with Crippen LogP contribution in [0.2, 0.25) is 5.02 Å². The van der Waals surface area contributed by atoms with Crippen LogP contribution in [-0.4, -0.2) is 13.1 Å². The summed E-state index contributed by atoms with van der Waals surface area (Å²) in [6.07, 6.45) is 1.20. The standard InChI is InChI=1S/C14H21BrClN/c1-4-11(3)10-17(5-2)14-7-6-12(9-15)8-13(14)16/h6-8,11H,4-5,9-10H2,1-3H3. The van der Waals surface area contributed by atoms with E-state index in [0.29, 0.717) is 5.92 Å². The van der Waals surface area contributed by atoms with Crippen LogP contribution in [0.1, 0.15) is 32.8 Å². The van der Waals surface area contributed by atoms with E-state index in [0.717, 1.165) is 29.1 Å². The molecular formula is C14H21BrClN. The molecule has 0 N–H and O–H groups in total. The summed E-state index contributed by atoms with van der Waals surface area (Å²) in [5.74, 6) is 0.696. The first-order valence-electron chi connectivity index (χ1n) is 6.21. The van der Waals surface area contributed by atoms with Gasteiger partial charge < -0.3 is 4.90 Å². The number of rotatable bonds is 6. The maximum Gasteiger partial charge on any atom is 0.0642 e. The number of anilines is 1. The average molecular weight is 319 g/mol. The molecule has 1 nitrogen and oxygen atoms in total. The first-order valence-corrected chi connectivity index (χ1v) is 7.71. The lowest BCUT2D eigenvalue weighted by Crippen LogP contribution is -2.28. The number of alkyl halides is 1. The molecule has 0 bridgehead atoms. The van der Waals surface area contributed by atoms with Gasteiger partial charge in [0, 0.05) is 18.4 Å². The minimum absolute atomic E-state index is 0.696. The third kappa shape index (κ3) is 4.18. The summed E-state index contributed by atoms with van der Waals surface area (Å²) < 4.78 is 0. The van der Waals surface area contributed by atoms with E-state index in [1.54, 1.807) is 0 Å². The lowest BCUT2D eigenvalue weighted by molar-refractivity contribution is 0.548. The lowest BCUT2D eigenvalue weighted by atomic mass is 10.1. The molecule has 0 spiro atoms. The van der Waals surface area contributed by atoms with Crippen LogP contribution < -0.4 is 4.90 Å². The van der Waals surface area contributed by atoms with Gasteiger partial charge in [-0.25, -0.2) is 0 Å². The minimum Gasteiger partial charge on any atom is -0.370 e. The van der Waals surface area contributed by atoms with Gasteiger partial charge in [0.25, 0.3) is 0 Å². The van der Waals surface area contributed by atoms with E-state index in [4.69, 9.17) is 11.6 Å². The summed E-state index contributed by atoms with van der Waals surface area (Å²) in [6, 6.07) is 6.31. The highest BCUT2D eigenvalue weighted by atomic mass is 79.9. The predicted molar refractivity (Wildman–Crippen MR) is 81.4 cm³/mol. The van der Waals surface area contributed by atoms with E-state index < -0.39 is 0 Å². The zero-order chi connectivity index (χ0) is 12.8. The molecule has 0 heterocycles. The van der Waals surface area contributed by atoms with Crippen LogP contribution in [0, 0.1) is 5.92 Å². The largest absolute Gasteiger partial charge is 0.370 e. The number of hydrogen-bond donors (Lipinski definition) is 0. The van der Waals surface area contributed by atoms with Crippen molar-refractivity contribution in [2.75, 3.05) is 18.0 Å². The fraction of sp³-hybridized carbons (Fsp3) is 0.571. The summed E-state index contributed by atoms with van der Waals surface area (Å²) in [4.78, 5) is 2.36. The third-order valence-corrected chi connectivity index (χ3v) is 4.07. The molecule has 1 aromatic rings. The molecule has 0 aromatic heterocycles. The highest BCUT2D eigenvalue weighted by molar-refractivity contribution is 9.08. The van der Waals surface area contributed by atoms with Crippen LogP contribution in [-0.2, 0) is 5.33 Å². The van der Waals surface area contributed by atoms with Crippen molar-refractivity contribution in [2.45, 2.75) is 32.5 Å². The van der Waals surface area contributed by atoms with Gasteiger partial charge in [-0.15, -0.1) is 0 Å². The van der Waals surface area contributed by atoms with E-state index in [9.17, 15) is 0 Å². The Bertz CT molecular complexity index is 354. The Morgan fingerprint density at radius 1 is 1.35 bits per heavy atom. The van der Waals surface area contributed by atoms with Crippen LogP contribution in [0.25, 0.3) is 0 Å². The Balaban J connectivity index is 2.88. The van der Waals surface area contributed by atoms with Crippen LogP contribution in [0.3, 0.4) is 0 Å². The zero-order valence-electron chi connectivity index (χ0n) is 10.8. The monoisotopic (exact) mass is 317 g/mol.